The average Bonchev–Trinajstić information content (AvgIpc) is 2.48. The molecule has 0 aliphatic rings. The molecule has 2 rings (SSSR count). The van der Waals surface area contributed by atoms with Crippen LogP contribution in [-0.2, 0) is 0 Å². The van der Waals surface area contributed by atoms with Crippen LogP contribution >= 0.6 is 0 Å². The van der Waals surface area contributed by atoms with Gasteiger partial charge in [-0.25, -0.2) is 9.97 Å². The molecule has 0 fully saturated rings. The Kier molecular flexibility index (Phi) is 1.65. The molecule has 0 bridgehead atoms. The Labute approximate surface area is 75.2 Å². The first-order valence-corrected chi connectivity index (χ1v) is 4.00. The van der Waals surface area contributed by atoms with E-state index >= 15 is 0 Å². The van der Waals surface area contributed by atoms with E-state index < -0.39 is 0 Å². The lowest BCUT2D eigenvalue weighted by atomic mass is 10.3. The molecule has 0 unspecified atom stereocenters. The largest absolute Gasteiger partial charge is 0.357 e. The van der Waals surface area contributed by atoms with Crippen molar-refractivity contribution in [1.82, 2.24) is 15.1 Å². The molecule has 2 aromatic rings. The molecule has 0 atom stereocenters. The molecule has 0 aliphatic carbocycles. The Morgan fingerprint density at radius 3 is 2.62 bits per heavy atom. The van der Waals surface area contributed by atoms with E-state index in [0.29, 0.717) is 11.5 Å². The lowest BCUT2D eigenvalue weighted by Gasteiger charge is -1.98. The number of hydrogen-bond acceptors (Lipinski definition) is 5. The summed E-state index contributed by atoms with van der Waals surface area (Å²) in [7, 11) is 1.78. The maximum absolute atomic E-state index is 5.08. The van der Waals surface area contributed by atoms with Crippen LogP contribution in [-0.4, -0.2) is 22.2 Å². The van der Waals surface area contributed by atoms with Crippen LogP contribution in [0.5, 0.6) is 0 Å². The van der Waals surface area contributed by atoms with Crippen molar-refractivity contribution in [3.63, 3.8) is 0 Å². The standard InChI is InChI=1S/C8H10N4O/c1-4-6-7(13-12-4)5(2)10-8(9-3)11-6/h1-3H3,(H,9,10,11). The van der Waals surface area contributed by atoms with Crippen molar-refractivity contribution in [2.24, 2.45) is 0 Å². The fourth-order valence-electron chi connectivity index (χ4n) is 1.19. The molecule has 13 heavy (non-hydrogen) atoms. The van der Waals surface area contributed by atoms with Crippen LogP contribution in [0.3, 0.4) is 0 Å². The normalized spacial score (nSPS) is 10.7. The first-order valence-electron chi connectivity index (χ1n) is 4.00. The molecular formula is C8H10N4O. The average molecular weight is 178 g/mol. The lowest BCUT2D eigenvalue weighted by molar-refractivity contribution is 0.448. The Balaban J connectivity index is 2.80. The molecular weight excluding hydrogens is 168 g/mol. The number of nitrogens with zero attached hydrogens (tertiary/aromatic N) is 3. The Hall–Kier alpha value is -1.65. The quantitative estimate of drug-likeness (QED) is 0.712. The number of rotatable bonds is 1. The van der Waals surface area contributed by atoms with Crippen molar-refractivity contribution in [3.8, 4) is 0 Å². The zero-order chi connectivity index (χ0) is 9.42. The number of anilines is 1. The summed E-state index contributed by atoms with van der Waals surface area (Å²) in [6, 6.07) is 0. The Bertz CT molecular complexity index is 449. The molecule has 2 aromatic heterocycles. The van der Waals surface area contributed by atoms with Crippen LogP contribution in [0.15, 0.2) is 4.52 Å². The molecule has 5 nitrogen and oxygen atoms in total. The molecule has 68 valence electrons. The summed E-state index contributed by atoms with van der Waals surface area (Å²) in [5.41, 5.74) is 3.03. The van der Waals surface area contributed by atoms with Gasteiger partial charge in [0, 0.05) is 7.05 Å². The minimum absolute atomic E-state index is 0.594. The molecule has 0 aromatic carbocycles. The summed E-state index contributed by atoms with van der Waals surface area (Å²) in [6.45, 7) is 3.73. The fraction of sp³-hybridized carbons (Fsp3) is 0.375. The van der Waals surface area contributed by atoms with Crippen molar-refractivity contribution < 1.29 is 4.52 Å². The van der Waals surface area contributed by atoms with Crippen LogP contribution in [0, 0.1) is 13.8 Å². The predicted octanol–water partition coefficient (Wildman–Crippen LogP) is 1.28. The van der Waals surface area contributed by atoms with E-state index in [1.54, 1.807) is 7.05 Å². The Morgan fingerprint density at radius 2 is 1.92 bits per heavy atom. The summed E-state index contributed by atoms with van der Waals surface area (Å²) >= 11 is 0. The van der Waals surface area contributed by atoms with Gasteiger partial charge in [0.2, 0.25) is 11.5 Å². The van der Waals surface area contributed by atoms with Gasteiger partial charge in [-0.15, -0.1) is 0 Å². The number of aryl methyl sites for hydroxylation is 2. The summed E-state index contributed by atoms with van der Waals surface area (Å²) < 4.78 is 5.08. The van der Waals surface area contributed by atoms with E-state index in [-0.39, 0.29) is 0 Å². The van der Waals surface area contributed by atoms with Crippen molar-refractivity contribution >= 4 is 17.0 Å². The second-order valence-corrected chi connectivity index (χ2v) is 2.83. The van der Waals surface area contributed by atoms with Crippen molar-refractivity contribution in [2.75, 3.05) is 12.4 Å². The molecule has 0 saturated carbocycles. The topological polar surface area (TPSA) is 63.8 Å². The third-order valence-electron chi connectivity index (χ3n) is 1.88. The predicted molar refractivity (Wildman–Crippen MR) is 48.6 cm³/mol. The van der Waals surface area contributed by atoms with Crippen LogP contribution in [0.2, 0.25) is 0 Å². The van der Waals surface area contributed by atoms with Crippen molar-refractivity contribution in [1.29, 1.82) is 0 Å². The monoisotopic (exact) mass is 178 g/mol. The zero-order valence-electron chi connectivity index (χ0n) is 7.75. The summed E-state index contributed by atoms with van der Waals surface area (Å²) in [4.78, 5) is 8.41. The minimum Gasteiger partial charge on any atom is -0.357 e. The van der Waals surface area contributed by atoms with Gasteiger partial charge in [0.25, 0.3) is 0 Å². The molecule has 0 aliphatic heterocycles. The van der Waals surface area contributed by atoms with E-state index in [1.165, 1.54) is 0 Å². The van der Waals surface area contributed by atoms with E-state index in [2.05, 4.69) is 20.4 Å². The number of aromatic nitrogens is 3. The van der Waals surface area contributed by atoms with Crippen molar-refractivity contribution in [3.05, 3.63) is 11.4 Å². The molecule has 0 saturated heterocycles. The van der Waals surface area contributed by atoms with Gasteiger partial charge in [0.15, 0.2) is 0 Å². The van der Waals surface area contributed by atoms with Gasteiger partial charge in [-0.2, -0.15) is 0 Å². The summed E-state index contributed by atoms with van der Waals surface area (Å²) in [6.07, 6.45) is 0. The number of nitrogens with one attached hydrogen (secondary N) is 1. The van der Waals surface area contributed by atoms with Gasteiger partial charge in [0.05, 0.1) is 5.69 Å². The third kappa shape index (κ3) is 1.12. The highest BCUT2D eigenvalue weighted by atomic mass is 16.5. The maximum Gasteiger partial charge on any atom is 0.223 e. The van der Waals surface area contributed by atoms with Crippen molar-refractivity contribution in [2.45, 2.75) is 13.8 Å². The highest BCUT2D eigenvalue weighted by molar-refractivity contribution is 5.77. The molecule has 0 spiro atoms. The first kappa shape index (κ1) is 7.97. The van der Waals surface area contributed by atoms with Crippen LogP contribution in [0.4, 0.5) is 5.95 Å². The fourth-order valence-corrected chi connectivity index (χ4v) is 1.19. The molecule has 5 heteroatoms. The van der Waals surface area contributed by atoms with Gasteiger partial charge in [-0.3, -0.25) is 0 Å². The van der Waals surface area contributed by atoms with Gasteiger partial charge in [-0.05, 0) is 13.8 Å². The number of hydrogen-bond donors (Lipinski definition) is 1. The van der Waals surface area contributed by atoms with E-state index in [9.17, 15) is 0 Å². The second-order valence-electron chi connectivity index (χ2n) is 2.83. The first-order chi connectivity index (χ1) is 6.22. The van der Waals surface area contributed by atoms with Crippen LogP contribution in [0.25, 0.3) is 11.1 Å². The molecule has 0 amide bonds. The second kappa shape index (κ2) is 2.69. The minimum atomic E-state index is 0.594. The van der Waals surface area contributed by atoms with E-state index in [0.717, 1.165) is 16.9 Å². The van der Waals surface area contributed by atoms with Gasteiger partial charge < -0.3 is 9.84 Å². The van der Waals surface area contributed by atoms with Crippen LogP contribution in [0.1, 0.15) is 11.4 Å². The highest BCUT2D eigenvalue weighted by Gasteiger charge is 2.10. The van der Waals surface area contributed by atoms with Crippen LogP contribution < -0.4 is 5.32 Å². The van der Waals surface area contributed by atoms with Gasteiger partial charge in [0.1, 0.15) is 11.2 Å². The van der Waals surface area contributed by atoms with E-state index in [1.807, 2.05) is 13.8 Å². The highest BCUT2D eigenvalue weighted by Crippen LogP contribution is 2.19. The summed E-state index contributed by atoms with van der Waals surface area (Å²) in [5, 5.41) is 6.71. The smallest absolute Gasteiger partial charge is 0.223 e. The number of fused-ring (bicyclic) bond motifs is 1. The lowest BCUT2D eigenvalue weighted by Crippen LogP contribution is -1.97. The summed E-state index contributed by atoms with van der Waals surface area (Å²) in [5.74, 6) is 0.594. The zero-order valence-corrected chi connectivity index (χ0v) is 7.75. The van der Waals surface area contributed by atoms with E-state index in [4.69, 9.17) is 4.52 Å². The van der Waals surface area contributed by atoms with Gasteiger partial charge >= 0.3 is 0 Å². The third-order valence-corrected chi connectivity index (χ3v) is 1.88. The maximum atomic E-state index is 5.08. The molecule has 1 N–H and O–H groups in total. The SMILES string of the molecule is CNc1nc(C)c2onc(C)c2n1. The van der Waals surface area contributed by atoms with Gasteiger partial charge in [-0.1, -0.05) is 5.16 Å². The Morgan fingerprint density at radius 1 is 1.15 bits per heavy atom. The molecule has 0 radical (unpaired) electrons. The molecule has 2 heterocycles.